The van der Waals surface area contributed by atoms with Crippen LogP contribution in [0, 0.1) is 27.7 Å². The first-order chi connectivity index (χ1) is 12.9. The Morgan fingerprint density at radius 1 is 1.26 bits per heavy atom. The molecule has 1 fully saturated rings. The molecule has 3 heterocycles. The van der Waals surface area contributed by atoms with Gasteiger partial charge in [-0.15, -0.1) is 0 Å². The molecule has 1 aromatic carbocycles. The number of pyridine rings is 1. The van der Waals surface area contributed by atoms with Gasteiger partial charge in [-0.1, -0.05) is 18.2 Å². The average Bonchev–Trinajstić information content (AvgIpc) is 3.43. The summed E-state index contributed by atoms with van der Waals surface area (Å²) in [6.07, 6.45) is 1.94. The van der Waals surface area contributed by atoms with E-state index in [1.54, 1.807) is 0 Å². The Labute approximate surface area is 159 Å². The van der Waals surface area contributed by atoms with Gasteiger partial charge in [0.25, 0.3) is 0 Å². The van der Waals surface area contributed by atoms with Crippen molar-refractivity contribution in [1.29, 1.82) is 0 Å². The van der Waals surface area contributed by atoms with Crippen molar-refractivity contribution >= 4 is 22.9 Å². The first-order valence-corrected chi connectivity index (χ1v) is 9.26. The van der Waals surface area contributed by atoms with Crippen LogP contribution in [0.3, 0.4) is 0 Å². The zero-order valence-electron chi connectivity index (χ0n) is 16.2. The Morgan fingerprint density at radius 3 is 2.63 bits per heavy atom. The van der Waals surface area contributed by atoms with E-state index in [1.165, 1.54) is 16.7 Å². The van der Waals surface area contributed by atoms with Gasteiger partial charge in [0.2, 0.25) is 5.91 Å². The predicted octanol–water partition coefficient (Wildman–Crippen LogP) is 3.09. The molecule has 4 rings (SSSR count). The third kappa shape index (κ3) is 3.40. The highest BCUT2D eigenvalue weighted by molar-refractivity contribution is 5.97. The fraction of sp³-hybridized carbons (Fsp3) is 0.333. The van der Waals surface area contributed by atoms with Crippen LogP contribution in [-0.2, 0) is 11.3 Å². The Kier molecular flexibility index (Phi) is 4.36. The lowest BCUT2D eigenvalue weighted by molar-refractivity contribution is -0.115. The van der Waals surface area contributed by atoms with E-state index in [2.05, 4.69) is 48.0 Å². The van der Waals surface area contributed by atoms with Crippen molar-refractivity contribution in [3.63, 3.8) is 0 Å². The van der Waals surface area contributed by atoms with Crippen LogP contribution >= 0.6 is 0 Å². The van der Waals surface area contributed by atoms with Gasteiger partial charge in [0.05, 0.1) is 23.1 Å². The third-order valence-electron chi connectivity index (χ3n) is 5.29. The van der Waals surface area contributed by atoms with Crippen molar-refractivity contribution in [3.8, 4) is 0 Å². The number of hydrogen-bond acceptors (Lipinski definition) is 4. The Bertz CT molecular complexity index is 1010. The van der Waals surface area contributed by atoms with E-state index >= 15 is 0 Å². The van der Waals surface area contributed by atoms with E-state index in [4.69, 9.17) is 4.98 Å². The molecule has 0 aliphatic carbocycles. The number of aryl methyl sites for hydroxylation is 4. The van der Waals surface area contributed by atoms with Gasteiger partial charge >= 0.3 is 0 Å². The van der Waals surface area contributed by atoms with Crippen LogP contribution in [0.4, 0.5) is 11.4 Å². The molecular weight excluding hydrogens is 338 g/mol. The molecular formula is C21H25N5O. The minimum absolute atomic E-state index is 0.00420. The quantitative estimate of drug-likeness (QED) is 0.609. The third-order valence-corrected chi connectivity index (χ3v) is 5.29. The lowest BCUT2D eigenvalue weighted by Crippen LogP contribution is -2.20. The summed E-state index contributed by atoms with van der Waals surface area (Å²) in [6, 6.07) is 8.23. The molecule has 2 aromatic heterocycles. The predicted molar refractivity (Wildman–Crippen MR) is 108 cm³/mol. The number of imidazole rings is 1. The second kappa shape index (κ2) is 6.70. The molecule has 140 valence electrons. The van der Waals surface area contributed by atoms with Crippen LogP contribution in [0.1, 0.15) is 28.1 Å². The monoisotopic (exact) mass is 363 g/mol. The van der Waals surface area contributed by atoms with Crippen LogP contribution in [0.2, 0.25) is 0 Å². The maximum Gasteiger partial charge on any atom is 0.242 e. The summed E-state index contributed by atoms with van der Waals surface area (Å²) in [6.45, 7) is 9.75. The molecule has 3 N–H and O–H groups in total. The first-order valence-electron chi connectivity index (χ1n) is 9.26. The summed E-state index contributed by atoms with van der Waals surface area (Å²) < 4.78 is 2.04. The Hall–Kier alpha value is -2.86. The number of hydrogen-bond donors (Lipinski definition) is 3. The summed E-state index contributed by atoms with van der Waals surface area (Å²) in [5.41, 5.74) is 8.42. The number of aromatic nitrogens is 2. The van der Waals surface area contributed by atoms with Crippen molar-refractivity contribution in [2.75, 3.05) is 17.2 Å². The van der Waals surface area contributed by atoms with Crippen LogP contribution in [0.25, 0.3) is 5.65 Å². The number of fused-ring (bicyclic) bond motifs is 1. The molecule has 6 heteroatoms. The number of carbonyl (C=O) groups excluding carboxylic acids is 1. The summed E-state index contributed by atoms with van der Waals surface area (Å²) >= 11 is 0. The molecule has 1 atom stereocenters. The standard InChI is InChI=1S/C21H25N5O/c1-12-6-5-7-13(2)17(12)9-22-18-8-16(25-21(27)19-10-23-19)11-26-15(4)14(3)24-20(18)26/h5-8,11,19,22-23H,9-10H2,1-4H3,(H,25,27)/t19-/m0/s1. The highest BCUT2D eigenvalue weighted by Gasteiger charge is 2.28. The van der Waals surface area contributed by atoms with Gasteiger partial charge < -0.3 is 20.4 Å². The molecule has 1 saturated heterocycles. The molecule has 1 aliphatic heterocycles. The molecule has 27 heavy (non-hydrogen) atoms. The summed E-state index contributed by atoms with van der Waals surface area (Å²) in [5, 5.41) is 9.57. The van der Waals surface area contributed by atoms with E-state index in [9.17, 15) is 4.79 Å². The average molecular weight is 363 g/mol. The van der Waals surface area contributed by atoms with E-state index < -0.39 is 0 Å². The minimum Gasteiger partial charge on any atom is -0.378 e. The first kappa shape index (κ1) is 17.5. The SMILES string of the molecule is Cc1cccc(C)c1CNc1cc(NC(=O)[C@@H]2CN2)cn2c(C)c(C)nc12. The molecule has 0 bridgehead atoms. The second-order valence-electron chi connectivity index (χ2n) is 7.29. The van der Waals surface area contributed by atoms with Crippen molar-refractivity contribution in [1.82, 2.24) is 14.7 Å². The molecule has 0 unspecified atom stereocenters. The number of benzene rings is 1. The van der Waals surface area contributed by atoms with Crippen molar-refractivity contribution in [3.05, 3.63) is 58.5 Å². The highest BCUT2D eigenvalue weighted by Crippen LogP contribution is 2.26. The zero-order valence-corrected chi connectivity index (χ0v) is 16.2. The number of nitrogens with one attached hydrogen (secondary N) is 3. The zero-order chi connectivity index (χ0) is 19.1. The van der Waals surface area contributed by atoms with Gasteiger partial charge in [0, 0.05) is 25.0 Å². The Balaban J connectivity index is 1.69. The van der Waals surface area contributed by atoms with Crippen LogP contribution < -0.4 is 16.0 Å². The van der Waals surface area contributed by atoms with Gasteiger partial charge in [-0.25, -0.2) is 4.98 Å². The summed E-state index contributed by atoms with van der Waals surface area (Å²) in [7, 11) is 0. The van der Waals surface area contributed by atoms with E-state index in [0.717, 1.165) is 35.0 Å². The molecule has 1 amide bonds. The number of rotatable bonds is 5. The fourth-order valence-electron chi connectivity index (χ4n) is 3.35. The molecule has 3 aromatic rings. The van der Waals surface area contributed by atoms with E-state index in [-0.39, 0.29) is 11.9 Å². The maximum absolute atomic E-state index is 12.2. The largest absolute Gasteiger partial charge is 0.378 e. The fourth-order valence-corrected chi connectivity index (χ4v) is 3.35. The minimum atomic E-state index is -0.0719. The Morgan fingerprint density at radius 2 is 1.96 bits per heavy atom. The number of anilines is 2. The lowest BCUT2D eigenvalue weighted by Gasteiger charge is -2.14. The van der Waals surface area contributed by atoms with Crippen LogP contribution in [-0.4, -0.2) is 27.9 Å². The van der Waals surface area contributed by atoms with Crippen molar-refractivity contribution < 1.29 is 4.79 Å². The van der Waals surface area contributed by atoms with E-state index in [0.29, 0.717) is 6.54 Å². The number of amides is 1. The van der Waals surface area contributed by atoms with Crippen molar-refractivity contribution in [2.24, 2.45) is 0 Å². The van der Waals surface area contributed by atoms with Gasteiger partial charge in [-0.05, 0) is 50.5 Å². The van der Waals surface area contributed by atoms with Gasteiger partial charge in [0.1, 0.15) is 0 Å². The highest BCUT2D eigenvalue weighted by atomic mass is 16.2. The summed E-state index contributed by atoms with van der Waals surface area (Å²) in [5.74, 6) is 0.00420. The van der Waals surface area contributed by atoms with Crippen molar-refractivity contribution in [2.45, 2.75) is 40.3 Å². The van der Waals surface area contributed by atoms with Gasteiger partial charge in [-0.2, -0.15) is 0 Å². The topological polar surface area (TPSA) is 80.4 Å². The maximum atomic E-state index is 12.2. The van der Waals surface area contributed by atoms with Gasteiger partial charge in [-0.3, -0.25) is 4.79 Å². The molecule has 0 radical (unpaired) electrons. The summed E-state index contributed by atoms with van der Waals surface area (Å²) in [4.78, 5) is 16.9. The molecule has 0 spiro atoms. The van der Waals surface area contributed by atoms with Gasteiger partial charge in [0.15, 0.2) is 5.65 Å². The smallest absolute Gasteiger partial charge is 0.242 e. The second-order valence-corrected chi connectivity index (χ2v) is 7.29. The number of nitrogens with zero attached hydrogens (tertiary/aromatic N) is 2. The number of carbonyl (C=O) groups is 1. The molecule has 1 aliphatic rings. The van der Waals surface area contributed by atoms with Crippen LogP contribution in [0.5, 0.6) is 0 Å². The van der Waals surface area contributed by atoms with Crippen LogP contribution in [0.15, 0.2) is 30.5 Å². The normalized spacial score (nSPS) is 15.8. The van der Waals surface area contributed by atoms with E-state index in [1.807, 2.05) is 30.5 Å². The lowest BCUT2D eigenvalue weighted by atomic mass is 10.0. The molecule has 6 nitrogen and oxygen atoms in total. The molecule has 0 saturated carbocycles.